The molecule has 3 nitrogen and oxygen atoms in total. The number of rotatable bonds is 5. The van der Waals surface area contributed by atoms with Crippen LogP contribution >= 0.6 is 0 Å². The largest absolute Gasteiger partial charge is 0.494 e. The van der Waals surface area contributed by atoms with Gasteiger partial charge in [0.25, 0.3) is 0 Å². The number of ketones is 1. The smallest absolute Gasteiger partial charge is 0.179 e. The minimum Gasteiger partial charge on any atom is -0.494 e. The van der Waals surface area contributed by atoms with E-state index in [0.29, 0.717) is 6.04 Å². The highest BCUT2D eigenvalue weighted by molar-refractivity contribution is 5.98. The average molecular weight is 251 g/mol. The SMILES string of the molecule is COc1cccc(C(=O)CNC2CCCC2)c1F. The third kappa shape index (κ3) is 2.88. The summed E-state index contributed by atoms with van der Waals surface area (Å²) in [6.07, 6.45) is 4.63. The third-order valence-corrected chi connectivity index (χ3v) is 3.39. The molecule has 0 aromatic heterocycles. The van der Waals surface area contributed by atoms with Gasteiger partial charge in [0.2, 0.25) is 0 Å². The lowest BCUT2D eigenvalue weighted by Gasteiger charge is -2.11. The summed E-state index contributed by atoms with van der Waals surface area (Å²) in [6.45, 7) is 0.189. The van der Waals surface area contributed by atoms with Gasteiger partial charge in [-0.3, -0.25) is 4.79 Å². The van der Waals surface area contributed by atoms with Gasteiger partial charge >= 0.3 is 0 Å². The second-order valence-corrected chi connectivity index (χ2v) is 4.61. The number of nitrogens with one attached hydrogen (secondary N) is 1. The Kier molecular flexibility index (Phi) is 4.31. The molecule has 0 heterocycles. The molecule has 0 aliphatic heterocycles. The van der Waals surface area contributed by atoms with Crippen molar-refractivity contribution in [1.82, 2.24) is 5.32 Å². The number of methoxy groups -OCH3 is 1. The van der Waals surface area contributed by atoms with Gasteiger partial charge in [0.05, 0.1) is 19.2 Å². The van der Waals surface area contributed by atoms with Crippen LogP contribution in [0.4, 0.5) is 4.39 Å². The van der Waals surface area contributed by atoms with Crippen molar-refractivity contribution in [2.75, 3.05) is 13.7 Å². The maximum atomic E-state index is 13.9. The number of hydrogen-bond donors (Lipinski definition) is 1. The number of carbonyl (C=O) groups excluding carboxylic acids is 1. The zero-order chi connectivity index (χ0) is 13.0. The topological polar surface area (TPSA) is 38.3 Å². The highest BCUT2D eigenvalue weighted by Crippen LogP contribution is 2.21. The van der Waals surface area contributed by atoms with Crippen molar-refractivity contribution >= 4 is 5.78 Å². The molecular formula is C14H18FNO2. The maximum absolute atomic E-state index is 13.9. The van der Waals surface area contributed by atoms with Crippen molar-refractivity contribution in [3.63, 3.8) is 0 Å². The second kappa shape index (κ2) is 5.96. The fraction of sp³-hybridized carbons (Fsp3) is 0.500. The van der Waals surface area contributed by atoms with E-state index in [0.717, 1.165) is 12.8 Å². The summed E-state index contributed by atoms with van der Waals surface area (Å²) in [4.78, 5) is 11.9. The summed E-state index contributed by atoms with van der Waals surface area (Å²) in [5.41, 5.74) is 0.0971. The Morgan fingerprint density at radius 3 is 2.83 bits per heavy atom. The minimum absolute atomic E-state index is 0.0971. The van der Waals surface area contributed by atoms with E-state index in [-0.39, 0.29) is 23.6 Å². The molecule has 1 aliphatic carbocycles. The standard InChI is InChI=1S/C14H18FNO2/c1-18-13-8-4-7-11(14(13)15)12(17)9-16-10-5-2-3-6-10/h4,7-8,10,16H,2-3,5-6,9H2,1H3. The predicted molar refractivity (Wildman–Crippen MR) is 67.5 cm³/mol. The zero-order valence-electron chi connectivity index (χ0n) is 10.5. The van der Waals surface area contributed by atoms with E-state index in [1.165, 1.54) is 32.1 Å². The monoisotopic (exact) mass is 251 g/mol. The van der Waals surface area contributed by atoms with Crippen molar-refractivity contribution < 1.29 is 13.9 Å². The molecule has 0 spiro atoms. The second-order valence-electron chi connectivity index (χ2n) is 4.61. The Labute approximate surface area is 106 Å². The summed E-state index contributed by atoms with van der Waals surface area (Å²) in [5.74, 6) is -0.682. The normalized spacial score (nSPS) is 15.9. The Morgan fingerprint density at radius 2 is 2.17 bits per heavy atom. The minimum atomic E-state index is -0.571. The summed E-state index contributed by atoms with van der Waals surface area (Å²) in [7, 11) is 1.39. The van der Waals surface area contributed by atoms with Crippen LogP contribution in [0.3, 0.4) is 0 Å². The molecule has 4 heteroatoms. The molecule has 1 fully saturated rings. The average Bonchev–Trinajstić information content (AvgIpc) is 2.89. The summed E-state index contributed by atoms with van der Waals surface area (Å²) >= 11 is 0. The molecule has 1 aromatic rings. The molecule has 0 saturated heterocycles. The van der Waals surface area contributed by atoms with E-state index in [1.807, 2.05) is 0 Å². The Bertz CT molecular complexity index is 428. The van der Waals surface area contributed by atoms with Crippen LogP contribution in [0.15, 0.2) is 18.2 Å². The third-order valence-electron chi connectivity index (χ3n) is 3.39. The van der Waals surface area contributed by atoms with Crippen molar-refractivity contribution in [3.05, 3.63) is 29.6 Å². The molecular weight excluding hydrogens is 233 g/mol. The Hall–Kier alpha value is -1.42. The molecule has 1 N–H and O–H groups in total. The molecule has 1 aliphatic rings. The maximum Gasteiger partial charge on any atom is 0.179 e. The number of halogens is 1. The molecule has 0 unspecified atom stereocenters. The van der Waals surface area contributed by atoms with Gasteiger partial charge < -0.3 is 10.1 Å². The first-order chi connectivity index (χ1) is 8.72. The lowest BCUT2D eigenvalue weighted by molar-refractivity contribution is 0.0982. The predicted octanol–water partition coefficient (Wildman–Crippen LogP) is 2.55. The van der Waals surface area contributed by atoms with E-state index in [1.54, 1.807) is 6.07 Å². The molecule has 18 heavy (non-hydrogen) atoms. The quantitative estimate of drug-likeness (QED) is 0.817. The van der Waals surface area contributed by atoms with Gasteiger partial charge in [-0.15, -0.1) is 0 Å². The van der Waals surface area contributed by atoms with Gasteiger partial charge in [-0.25, -0.2) is 4.39 Å². The number of hydrogen-bond acceptors (Lipinski definition) is 3. The molecule has 0 atom stereocenters. The van der Waals surface area contributed by atoms with Gasteiger partial charge in [-0.1, -0.05) is 18.9 Å². The molecule has 0 amide bonds. The number of carbonyl (C=O) groups is 1. The van der Waals surface area contributed by atoms with Crippen LogP contribution in [-0.2, 0) is 0 Å². The van der Waals surface area contributed by atoms with E-state index in [9.17, 15) is 9.18 Å². The van der Waals surface area contributed by atoms with Crippen LogP contribution in [0, 0.1) is 5.82 Å². The first-order valence-electron chi connectivity index (χ1n) is 6.31. The molecule has 0 bridgehead atoms. The van der Waals surface area contributed by atoms with Crippen LogP contribution in [0.2, 0.25) is 0 Å². The van der Waals surface area contributed by atoms with Crippen molar-refractivity contribution in [2.45, 2.75) is 31.7 Å². The van der Waals surface area contributed by atoms with Crippen LogP contribution in [0.1, 0.15) is 36.0 Å². The highest BCUT2D eigenvalue weighted by Gasteiger charge is 2.18. The highest BCUT2D eigenvalue weighted by atomic mass is 19.1. The van der Waals surface area contributed by atoms with E-state index in [2.05, 4.69) is 5.32 Å². The molecule has 1 aromatic carbocycles. The van der Waals surface area contributed by atoms with Gasteiger partial charge in [0.1, 0.15) is 0 Å². The fourth-order valence-corrected chi connectivity index (χ4v) is 2.35. The van der Waals surface area contributed by atoms with E-state index in [4.69, 9.17) is 4.74 Å². The number of benzene rings is 1. The summed E-state index contributed by atoms with van der Waals surface area (Å²) in [6, 6.07) is 5.04. The molecule has 2 rings (SSSR count). The fourth-order valence-electron chi connectivity index (χ4n) is 2.35. The van der Waals surface area contributed by atoms with Gasteiger partial charge in [-0.05, 0) is 25.0 Å². The Morgan fingerprint density at radius 1 is 1.44 bits per heavy atom. The summed E-state index contributed by atoms with van der Waals surface area (Å²) < 4.78 is 18.7. The lowest BCUT2D eigenvalue weighted by atomic mass is 10.1. The summed E-state index contributed by atoms with van der Waals surface area (Å²) in [5, 5.41) is 3.19. The van der Waals surface area contributed by atoms with Crippen LogP contribution in [-0.4, -0.2) is 25.5 Å². The lowest BCUT2D eigenvalue weighted by Crippen LogP contribution is -2.31. The molecule has 98 valence electrons. The number of Topliss-reactive ketones (excluding diaryl/α,β-unsaturated/α-hetero) is 1. The van der Waals surface area contributed by atoms with Crippen molar-refractivity contribution in [1.29, 1.82) is 0 Å². The van der Waals surface area contributed by atoms with Crippen LogP contribution in [0.25, 0.3) is 0 Å². The number of ether oxygens (including phenoxy) is 1. The van der Waals surface area contributed by atoms with Crippen LogP contribution < -0.4 is 10.1 Å². The zero-order valence-corrected chi connectivity index (χ0v) is 10.5. The van der Waals surface area contributed by atoms with Gasteiger partial charge in [-0.2, -0.15) is 0 Å². The van der Waals surface area contributed by atoms with Gasteiger partial charge in [0, 0.05) is 6.04 Å². The molecule has 0 radical (unpaired) electrons. The first-order valence-corrected chi connectivity index (χ1v) is 6.31. The van der Waals surface area contributed by atoms with E-state index >= 15 is 0 Å². The Balaban J connectivity index is 1.99. The van der Waals surface area contributed by atoms with Crippen LogP contribution in [0.5, 0.6) is 5.75 Å². The molecule has 1 saturated carbocycles. The first kappa shape index (κ1) is 13.0. The van der Waals surface area contributed by atoms with Crippen molar-refractivity contribution in [3.8, 4) is 5.75 Å². The van der Waals surface area contributed by atoms with E-state index < -0.39 is 5.82 Å². The van der Waals surface area contributed by atoms with Gasteiger partial charge in [0.15, 0.2) is 17.3 Å². The van der Waals surface area contributed by atoms with Crippen molar-refractivity contribution in [2.24, 2.45) is 0 Å².